The average Bonchev–Trinajstić information content (AvgIpc) is 2.72. The molecule has 2 N–H and O–H groups in total. The third kappa shape index (κ3) is 1.41. The summed E-state index contributed by atoms with van der Waals surface area (Å²) in [6, 6.07) is 3.20. The number of nitrogens with two attached hydrogens (primary N) is 1. The lowest BCUT2D eigenvalue weighted by Gasteiger charge is -2.38. The van der Waals surface area contributed by atoms with Crippen molar-refractivity contribution < 1.29 is 9.55 Å². The van der Waals surface area contributed by atoms with Gasteiger partial charge >= 0.3 is 5.69 Å². The highest BCUT2D eigenvalue weighted by molar-refractivity contribution is 5.94. The Morgan fingerprint density at radius 1 is 1.41 bits per heavy atom. The van der Waals surface area contributed by atoms with Gasteiger partial charge in [-0.25, -0.2) is 4.63 Å². The third-order valence-electron chi connectivity index (χ3n) is 2.82. The largest absolute Gasteiger partial charge is 0.366 e. The van der Waals surface area contributed by atoms with E-state index < -0.39 is 4.92 Å². The molecule has 0 aliphatic carbocycles. The van der Waals surface area contributed by atoms with Gasteiger partial charge < -0.3 is 10.6 Å². The summed E-state index contributed by atoms with van der Waals surface area (Å²) in [4.78, 5) is 12.3. The van der Waals surface area contributed by atoms with E-state index in [2.05, 4.69) is 14.9 Å². The summed E-state index contributed by atoms with van der Waals surface area (Å²) in [5.74, 6) is 0. The summed E-state index contributed by atoms with van der Waals surface area (Å²) in [7, 11) is 0. The minimum absolute atomic E-state index is 0.102. The smallest absolute Gasteiger partial charge is 0.300 e. The molecule has 0 saturated carbocycles. The maximum atomic E-state index is 10.8. The number of non-ortho nitro benzene ring substituents is 1. The Morgan fingerprint density at radius 2 is 2.12 bits per heavy atom. The fourth-order valence-corrected chi connectivity index (χ4v) is 1.95. The fourth-order valence-electron chi connectivity index (χ4n) is 1.95. The van der Waals surface area contributed by atoms with Crippen molar-refractivity contribution in [1.82, 2.24) is 10.3 Å². The first-order valence-corrected chi connectivity index (χ1v) is 5.07. The molecule has 2 heterocycles. The van der Waals surface area contributed by atoms with E-state index >= 15 is 0 Å². The van der Waals surface area contributed by atoms with Gasteiger partial charge in [0.25, 0.3) is 0 Å². The lowest BCUT2D eigenvalue weighted by Crippen LogP contribution is -2.55. The number of nitro benzene ring substituents is 1. The van der Waals surface area contributed by atoms with Crippen molar-refractivity contribution in [2.45, 2.75) is 6.04 Å². The second-order valence-electron chi connectivity index (χ2n) is 3.99. The first-order chi connectivity index (χ1) is 8.16. The number of aromatic nitrogens is 2. The van der Waals surface area contributed by atoms with E-state index in [1.165, 1.54) is 6.07 Å². The molecular weight excluding hydrogens is 226 g/mol. The molecule has 17 heavy (non-hydrogen) atoms. The Labute approximate surface area is 95.1 Å². The van der Waals surface area contributed by atoms with Crippen LogP contribution in [0.4, 0.5) is 11.4 Å². The Hall–Kier alpha value is -2.22. The van der Waals surface area contributed by atoms with Crippen LogP contribution in [0.2, 0.25) is 0 Å². The summed E-state index contributed by atoms with van der Waals surface area (Å²) in [6.45, 7) is 1.42. The van der Waals surface area contributed by atoms with Crippen molar-refractivity contribution in [2.24, 2.45) is 5.73 Å². The number of nitrogens with zero attached hydrogens (tertiary/aromatic N) is 4. The van der Waals surface area contributed by atoms with Crippen LogP contribution in [0.25, 0.3) is 11.0 Å². The van der Waals surface area contributed by atoms with Gasteiger partial charge in [-0.2, -0.15) is 0 Å². The molecule has 8 nitrogen and oxygen atoms in total. The van der Waals surface area contributed by atoms with E-state index in [-0.39, 0.29) is 17.2 Å². The highest BCUT2D eigenvalue weighted by Crippen LogP contribution is 2.32. The number of fused-ring (bicyclic) bond motifs is 1. The van der Waals surface area contributed by atoms with Gasteiger partial charge in [-0.05, 0) is 16.4 Å². The highest BCUT2D eigenvalue weighted by atomic mass is 16.6. The van der Waals surface area contributed by atoms with Gasteiger partial charge in [0.1, 0.15) is 0 Å². The quantitative estimate of drug-likeness (QED) is 0.587. The summed E-state index contributed by atoms with van der Waals surface area (Å²) in [5, 5.41) is 18.1. The minimum atomic E-state index is -0.502. The normalized spacial score (nSPS) is 16.2. The van der Waals surface area contributed by atoms with Gasteiger partial charge in [0.2, 0.25) is 5.52 Å². The van der Waals surface area contributed by atoms with Crippen LogP contribution in [0.1, 0.15) is 0 Å². The Bertz CT molecular complexity index is 589. The van der Waals surface area contributed by atoms with Crippen LogP contribution >= 0.6 is 0 Å². The molecule has 3 rings (SSSR count). The molecule has 2 aromatic rings. The van der Waals surface area contributed by atoms with Gasteiger partial charge in [0, 0.05) is 25.2 Å². The van der Waals surface area contributed by atoms with Crippen LogP contribution in [0, 0.1) is 10.1 Å². The van der Waals surface area contributed by atoms with E-state index in [1.54, 1.807) is 6.07 Å². The molecule has 0 atom stereocenters. The predicted octanol–water partition coefficient (Wildman–Crippen LogP) is 0.278. The van der Waals surface area contributed by atoms with Crippen molar-refractivity contribution in [2.75, 3.05) is 18.0 Å². The molecule has 1 saturated heterocycles. The molecule has 1 fully saturated rings. The van der Waals surface area contributed by atoms with E-state index in [0.29, 0.717) is 18.6 Å². The second-order valence-corrected chi connectivity index (χ2v) is 3.99. The molecule has 88 valence electrons. The third-order valence-corrected chi connectivity index (χ3v) is 2.82. The summed E-state index contributed by atoms with van der Waals surface area (Å²) in [5.41, 5.74) is 6.95. The summed E-state index contributed by atoms with van der Waals surface area (Å²) < 4.78 is 4.58. The molecule has 0 bridgehead atoms. The van der Waals surface area contributed by atoms with Gasteiger partial charge in [-0.3, -0.25) is 10.1 Å². The topological polar surface area (TPSA) is 111 Å². The monoisotopic (exact) mass is 235 g/mol. The number of hydrogen-bond donors (Lipinski definition) is 1. The molecule has 1 aromatic heterocycles. The molecular formula is C9H9N5O3. The van der Waals surface area contributed by atoms with Crippen LogP contribution in [-0.4, -0.2) is 34.4 Å². The molecule has 0 radical (unpaired) electrons. The zero-order chi connectivity index (χ0) is 12.0. The highest BCUT2D eigenvalue weighted by Gasteiger charge is 2.28. The number of nitro groups is 1. The van der Waals surface area contributed by atoms with Crippen molar-refractivity contribution in [3.63, 3.8) is 0 Å². The van der Waals surface area contributed by atoms with E-state index in [4.69, 9.17) is 5.73 Å². The fraction of sp³-hybridized carbons (Fsp3) is 0.333. The van der Waals surface area contributed by atoms with Gasteiger partial charge in [0.05, 0.1) is 10.6 Å². The number of hydrogen-bond acceptors (Lipinski definition) is 7. The zero-order valence-corrected chi connectivity index (χ0v) is 8.74. The Kier molecular flexibility index (Phi) is 1.99. The zero-order valence-electron chi connectivity index (χ0n) is 8.74. The number of rotatable bonds is 2. The molecule has 1 aliphatic heterocycles. The predicted molar refractivity (Wildman–Crippen MR) is 58.6 cm³/mol. The molecule has 1 aliphatic rings. The lowest BCUT2D eigenvalue weighted by atomic mass is 10.1. The van der Waals surface area contributed by atoms with Crippen molar-refractivity contribution in [1.29, 1.82) is 0 Å². The van der Waals surface area contributed by atoms with Gasteiger partial charge in [0.15, 0.2) is 5.52 Å². The average molecular weight is 235 g/mol. The van der Waals surface area contributed by atoms with Crippen molar-refractivity contribution in [3.05, 3.63) is 22.2 Å². The van der Waals surface area contributed by atoms with Crippen LogP contribution in [-0.2, 0) is 0 Å². The molecule has 1 aromatic carbocycles. The SMILES string of the molecule is NC1CN(c2ccc([N+](=O)[O-])c3nonc23)C1. The first kappa shape index (κ1) is 9.97. The van der Waals surface area contributed by atoms with Crippen molar-refractivity contribution in [3.8, 4) is 0 Å². The van der Waals surface area contributed by atoms with Crippen LogP contribution in [0.3, 0.4) is 0 Å². The summed E-state index contributed by atoms with van der Waals surface area (Å²) in [6.07, 6.45) is 0. The van der Waals surface area contributed by atoms with Crippen LogP contribution < -0.4 is 10.6 Å². The van der Waals surface area contributed by atoms with Gasteiger partial charge in [-0.15, -0.1) is 0 Å². The maximum absolute atomic E-state index is 10.8. The van der Waals surface area contributed by atoms with E-state index in [0.717, 1.165) is 5.69 Å². The van der Waals surface area contributed by atoms with Crippen LogP contribution in [0.15, 0.2) is 16.8 Å². The number of benzene rings is 1. The lowest BCUT2D eigenvalue weighted by molar-refractivity contribution is -0.383. The standard InChI is InChI=1S/C9H9N5O3/c10-5-3-13(4-5)6-1-2-7(14(15)16)9-8(6)11-17-12-9/h1-2,5H,3-4,10H2. The van der Waals surface area contributed by atoms with E-state index in [1.807, 2.05) is 4.90 Å². The minimum Gasteiger partial charge on any atom is -0.366 e. The molecule has 0 amide bonds. The van der Waals surface area contributed by atoms with Crippen molar-refractivity contribution >= 4 is 22.4 Å². The molecule has 0 spiro atoms. The Balaban J connectivity index is 2.12. The molecule has 8 heteroatoms. The Morgan fingerprint density at radius 3 is 2.76 bits per heavy atom. The molecule has 0 unspecified atom stereocenters. The maximum Gasteiger partial charge on any atom is 0.300 e. The summed E-state index contributed by atoms with van der Waals surface area (Å²) >= 11 is 0. The first-order valence-electron chi connectivity index (χ1n) is 5.07. The van der Waals surface area contributed by atoms with Gasteiger partial charge in [-0.1, -0.05) is 0 Å². The number of anilines is 1. The van der Waals surface area contributed by atoms with E-state index in [9.17, 15) is 10.1 Å². The van der Waals surface area contributed by atoms with Crippen LogP contribution in [0.5, 0.6) is 0 Å². The second kappa shape index (κ2) is 3.39.